The lowest BCUT2D eigenvalue weighted by atomic mass is 10.0. The van der Waals surface area contributed by atoms with Crippen LogP contribution in [0, 0.1) is 5.92 Å². The van der Waals surface area contributed by atoms with Gasteiger partial charge in [-0.1, -0.05) is 6.92 Å². The van der Waals surface area contributed by atoms with Crippen molar-refractivity contribution in [3.8, 4) is 0 Å². The highest BCUT2D eigenvalue weighted by atomic mass is 16.3. The number of carbonyl (C=O) groups excluding carboxylic acids is 1. The van der Waals surface area contributed by atoms with Crippen molar-refractivity contribution < 1.29 is 9.21 Å². The third-order valence-corrected chi connectivity index (χ3v) is 6.38. The van der Waals surface area contributed by atoms with Crippen LogP contribution in [-0.4, -0.2) is 47.9 Å². The Morgan fingerprint density at radius 1 is 1.21 bits per heavy atom. The van der Waals surface area contributed by atoms with E-state index in [1.165, 1.54) is 32.2 Å². The first-order chi connectivity index (χ1) is 11.6. The topological polar surface area (TPSA) is 36.7 Å². The van der Waals surface area contributed by atoms with Gasteiger partial charge in [0.2, 0.25) is 5.91 Å². The van der Waals surface area contributed by atoms with Crippen molar-refractivity contribution in [3.63, 3.8) is 0 Å². The maximum absolute atomic E-state index is 12.8. The van der Waals surface area contributed by atoms with Crippen molar-refractivity contribution in [1.29, 1.82) is 0 Å². The van der Waals surface area contributed by atoms with Gasteiger partial charge in [-0.15, -0.1) is 0 Å². The summed E-state index contributed by atoms with van der Waals surface area (Å²) in [5, 5.41) is 0. The van der Waals surface area contributed by atoms with Crippen molar-refractivity contribution in [2.24, 2.45) is 5.92 Å². The van der Waals surface area contributed by atoms with E-state index in [-0.39, 0.29) is 0 Å². The van der Waals surface area contributed by atoms with Crippen LogP contribution in [0.15, 0.2) is 16.5 Å². The SMILES string of the molecule is C[C@@H]1C[C@@H]1c1ccc(CCC(=O)N2CCC[C@@H]2[C@H]2CCCN2C)o1. The summed E-state index contributed by atoms with van der Waals surface area (Å²) in [4.78, 5) is 17.4. The number of likely N-dealkylation sites (N-methyl/N-ethyl adjacent to an activating group) is 1. The predicted molar refractivity (Wildman–Crippen MR) is 93.9 cm³/mol. The van der Waals surface area contributed by atoms with Crippen molar-refractivity contribution in [2.45, 2.75) is 69.9 Å². The highest BCUT2D eigenvalue weighted by Crippen LogP contribution is 2.47. The zero-order chi connectivity index (χ0) is 16.7. The van der Waals surface area contributed by atoms with Gasteiger partial charge in [-0.05, 0) is 63.7 Å². The molecular weight excluding hydrogens is 300 g/mol. The zero-order valence-corrected chi connectivity index (χ0v) is 15.0. The molecule has 1 aromatic heterocycles. The van der Waals surface area contributed by atoms with Gasteiger partial charge in [-0.25, -0.2) is 0 Å². The van der Waals surface area contributed by atoms with Crippen molar-refractivity contribution in [2.75, 3.05) is 20.1 Å². The molecule has 4 heteroatoms. The summed E-state index contributed by atoms with van der Waals surface area (Å²) in [5.74, 6) is 3.80. The van der Waals surface area contributed by atoms with Gasteiger partial charge < -0.3 is 14.2 Å². The molecule has 3 aliphatic rings. The van der Waals surface area contributed by atoms with Crippen molar-refractivity contribution in [3.05, 3.63) is 23.7 Å². The Labute approximate surface area is 145 Å². The summed E-state index contributed by atoms with van der Waals surface area (Å²) < 4.78 is 5.96. The number of carbonyl (C=O) groups is 1. The van der Waals surface area contributed by atoms with Crippen LogP contribution in [0.4, 0.5) is 0 Å². The Kier molecular flexibility index (Phi) is 4.42. The normalized spacial score (nSPS) is 33.3. The van der Waals surface area contributed by atoms with E-state index in [1.807, 2.05) is 0 Å². The Balaban J connectivity index is 1.32. The fourth-order valence-electron chi connectivity index (χ4n) is 4.74. The van der Waals surface area contributed by atoms with Gasteiger partial charge in [-0.3, -0.25) is 4.79 Å². The third-order valence-electron chi connectivity index (χ3n) is 6.38. The van der Waals surface area contributed by atoms with Crippen LogP contribution in [-0.2, 0) is 11.2 Å². The van der Waals surface area contributed by atoms with E-state index in [0.29, 0.717) is 30.3 Å². The van der Waals surface area contributed by atoms with E-state index >= 15 is 0 Å². The average molecular weight is 330 g/mol. The predicted octanol–water partition coefficient (Wildman–Crippen LogP) is 3.42. The molecule has 1 saturated carbocycles. The van der Waals surface area contributed by atoms with E-state index in [4.69, 9.17) is 4.42 Å². The molecule has 1 aromatic rings. The smallest absolute Gasteiger partial charge is 0.223 e. The molecule has 2 aliphatic heterocycles. The molecule has 132 valence electrons. The maximum Gasteiger partial charge on any atom is 0.223 e. The van der Waals surface area contributed by atoms with Crippen LogP contribution in [0.3, 0.4) is 0 Å². The molecule has 0 spiro atoms. The second kappa shape index (κ2) is 6.55. The van der Waals surface area contributed by atoms with E-state index in [9.17, 15) is 4.79 Å². The van der Waals surface area contributed by atoms with Crippen LogP contribution < -0.4 is 0 Å². The van der Waals surface area contributed by atoms with E-state index < -0.39 is 0 Å². The number of aryl methyl sites for hydroxylation is 1. The average Bonchev–Trinajstić information content (AvgIpc) is 3.02. The highest BCUT2D eigenvalue weighted by Gasteiger charge is 2.38. The summed E-state index contributed by atoms with van der Waals surface area (Å²) in [6, 6.07) is 5.19. The van der Waals surface area contributed by atoms with E-state index in [1.54, 1.807) is 0 Å². The van der Waals surface area contributed by atoms with Crippen LogP contribution >= 0.6 is 0 Å². The minimum Gasteiger partial charge on any atom is -0.466 e. The number of rotatable bonds is 5. The van der Waals surface area contributed by atoms with E-state index in [0.717, 1.165) is 36.8 Å². The van der Waals surface area contributed by atoms with Crippen LogP contribution in [0.2, 0.25) is 0 Å². The van der Waals surface area contributed by atoms with Crippen LogP contribution in [0.1, 0.15) is 62.9 Å². The summed E-state index contributed by atoms with van der Waals surface area (Å²) in [6.45, 7) is 4.39. The molecule has 0 aromatic carbocycles. The Bertz CT molecular complexity index is 596. The molecule has 3 heterocycles. The van der Waals surface area contributed by atoms with Gasteiger partial charge in [0, 0.05) is 37.4 Å². The van der Waals surface area contributed by atoms with Crippen LogP contribution in [0.25, 0.3) is 0 Å². The van der Waals surface area contributed by atoms with Crippen LogP contribution in [0.5, 0.6) is 0 Å². The Hall–Kier alpha value is -1.29. The molecule has 4 nitrogen and oxygen atoms in total. The standard InChI is InChI=1S/C20H30N2O2/c1-14-13-16(14)19-9-7-15(24-19)8-10-20(23)22-12-4-6-18(22)17-5-3-11-21(17)2/h7,9,14,16-18H,3-6,8,10-13H2,1-2H3/t14-,16+,17-,18-/m1/s1. The molecule has 24 heavy (non-hydrogen) atoms. The first-order valence-corrected chi connectivity index (χ1v) is 9.72. The molecule has 3 fully saturated rings. The molecule has 2 saturated heterocycles. The summed E-state index contributed by atoms with van der Waals surface area (Å²) >= 11 is 0. The van der Waals surface area contributed by atoms with Gasteiger partial charge in [0.05, 0.1) is 0 Å². The molecule has 0 radical (unpaired) electrons. The molecule has 1 aliphatic carbocycles. The number of hydrogen-bond donors (Lipinski definition) is 0. The second-order valence-electron chi connectivity index (χ2n) is 8.11. The highest BCUT2D eigenvalue weighted by molar-refractivity contribution is 5.77. The minimum absolute atomic E-state index is 0.315. The van der Waals surface area contributed by atoms with Crippen molar-refractivity contribution >= 4 is 5.91 Å². The minimum atomic E-state index is 0.315. The lowest BCUT2D eigenvalue weighted by molar-refractivity contribution is -0.133. The number of hydrogen-bond acceptors (Lipinski definition) is 3. The molecule has 0 N–H and O–H groups in total. The number of likely N-dealkylation sites (tertiary alicyclic amines) is 2. The molecule has 4 rings (SSSR count). The summed E-state index contributed by atoms with van der Waals surface area (Å²) in [6.07, 6.45) is 7.41. The third kappa shape index (κ3) is 3.13. The molecule has 1 amide bonds. The van der Waals surface area contributed by atoms with Gasteiger partial charge in [-0.2, -0.15) is 0 Å². The fraction of sp³-hybridized carbons (Fsp3) is 0.750. The lowest BCUT2D eigenvalue weighted by Gasteiger charge is -2.33. The molecular formula is C20H30N2O2. The lowest BCUT2D eigenvalue weighted by Crippen LogP contribution is -2.47. The summed E-state index contributed by atoms with van der Waals surface area (Å²) in [7, 11) is 2.21. The first kappa shape index (κ1) is 16.2. The monoisotopic (exact) mass is 330 g/mol. The fourth-order valence-corrected chi connectivity index (χ4v) is 4.74. The van der Waals surface area contributed by atoms with Crippen molar-refractivity contribution in [1.82, 2.24) is 9.80 Å². The van der Waals surface area contributed by atoms with Gasteiger partial charge in [0.25, 0.3) is 0 Å². The number of nitrogens with zero attached hydrogens (tertiary/aromatic N) is 2. The summed E-state index contributed by atoms with van der Waals surface area (Å²) in [5.41, 5.74) is 0. The maximum atomic E-state index is 12.8. The van der Waals surface area contributed by atoms with Gasteiger partial charge in [0.1, 0.15) is 11.5 Å². The first-order valence-electron chi connectivity index (χ1n) is 9.72. The van der Waals surface area contributed by atoms with E-state index in [2.05, 4.69) is 35.9 Å². The quantitative estimate of drug-likeness (QED) is 0.830. The molecule has 0 unspecified atom stereocenters. The molecule has 0 bridgehead atoms. The second-order valence-corrected chi connectivity index (χ2v) is 8.11. The molecule has 4 atom stereocenters. The zero-order valence-electron chi connectivity index (χ0n) is 15.0. The number of amides is 1. The largest absolute Gasteiger partial charge is 0.466 e. The van der Waals surface area contributed by atoms with Gasteiger partial charge >= 0.3 is 0 Å². The Morgan fingerprint density at radius 2 is 1.96 bits per heavy atom. The van der Waals surface area contributed by atoms with Gasteiger partial charge in [0.15, 0.2) is 0 Å². The number of furan rings is 1. The Morgan fingerprint density at radius 3 is 2.67 bits per heavy atom.